The molecule has 0 aromatic heterocycles. The second kappa shape index (κ2) is 57.0. The van der Waals surface area contributed by atoms with Gasteiger partial charge in [0.2, 0.25) is 0 Å². The number of rotatable bonds is 38. The Morgan fingerprint density at radius 1 is 0.387 bits per heavy atom. The lowest BCUT2D eigenvalue weighted by molar-refractivity contribution is 0.0691. The van der Waals surface area contributed by atoms with Gasteiger partial charge in [0.25, 0.3) is 0 Å². The molecule has 2 unspecified atom stereocenters. The molecule has 3 aliphatic carbocycles. The van der Waals surface area contributed by atoms with Gasteiger partial charge in [-0.05, 0) is 394 Å². The van der Waals surface area contributed by atoms with Crippen LogP contribution in [0.2, 0.25) is 0 Å². The smallest absolute Gasteiger partial charge is 0.339 e. The van der Waals surface area contributed by atoms with Crippen LogP contribution in [0.5, 0.6) is 69.0 Å². The number of phenolic OH excluding ortho intramolecular Hbond substituents is 9. The van der Waals surface area contributed by atoms with E-state index in [-0.39, 0.29) is 98.3 Å². The number of hydrogen-bond acceptors (Lipinski definition) is 13. The molecule has 0 saturated carbocycles. The van der Waals surface area contributed by atoms with E-state index in [1.165, 1.54) is 83.6 Å². The maximum Gasteiger partial charge on any atom is 0.339 e. The second-order valence-electron chi connectivity index (χ2n) is 40.9. The third-order valence-corrected chi connectivity index (χ3v) is 27.1. The van der Waals surface area contributed by atoms with Crippen molar-refractivity contribution in [1.82, 2.24) is 0 Å². The Labute approximate surface area is 825 Å². The Balaban J connectivity index is 0.000000253. The number of carboxylic acid groups (broad SMARTS) is 1. The summed E-state index contributed by atoms with van der Waals surface area (Å²) in [5.74, 6) is 2.49. The summed E-state index contributed by atoms with van der Waals surface area (Å²) in [6, 6.07) is 20.3. The van der Waals surface area contributed by atoms with Gasteiger partial charge in [-0.15, -0.1) is 0 Å². The molecule has 0 fully saturated rings. The fourth-order valence-electron chi connectivity index (χ4n) is 19.2. The molecule has 750 valence electrons. The lowest BCUT2D eigenvalue weighted by atomic mass is 9.73. The molecule has 2 aliphatic heterocycles. The Kier molecular flexibility index (Phi) is 47.8. The van der Waals surface area contributed by atoms with Crippen LogP contribution in [-0.2, 0) is 44.9 Å². The number of benzene rings is 6. The number of phenols is 10. The lowest BCUT2D eigenvalue weighted by Crippen LogP contribution is -2.31. The normalized spacial score (nSPS) is 18.9. The van der Waals surface area contributed by atoms with E-state index in [9.17, 15) is 61.0 Å². The van der Waals surface area contributed by atoms with Gasteiger partial charge in [-0.25, -0.2) is 4.79 Å². The molecular weight excluding hydrogens is 1700 g/mol. The standard InChI is InChI=1S/C22H30O4.2C21H30O2.C21H32O2.2C19H26O2/c1-5-6-7-8-15-12-18(23)20(21(24)19(15)22(25)26)17-11-14(4)9-10-16(17)13(2)3;1-5-6-7-10-17-14-19(22)18-11-13-21(4,23-20(18)15-17)12-8-9-16(2)3;1-5-6-7-8-16-12-19(22)21(20(23)13-16)18-11-15(4)9-10-17(18)14(2)3;1-5-6-7-11-18-14-20(22)19(21(23)15-18)13-12-17(4)10-8-9-16(2)3;1-5-7-15-12-17(20)16-9-11-19(4,21-18(16)13-15)10-6-8-14(2)3;1-5-6-14-10-17(20)19(18(21)11-14)16-9-13(4)7-8-15(16)12(2)3/h11-12,16-17,23-24H,2,5-10H2,1,3-4H3,(H,25,26);9,11,13-15,22H,5-8,10,12H2,1-4H3;11-13,17-18,22-23H,2,5-10H2,1,3-4H3;9,12,14-15,22-23H,5-8,10-11,13H2,1-4H3;8-9,11-13,20H,5-7,10H2,1-4H3;9-11,15-16,20-21H,2,5-8H2,1,3-4H3/b;;;17-12+;;/t16-,17+;;17-,18+;;;15-,16+/m0.0..0/s1. The average molecular weight is 1880 g/mol. The summed E-state index contributed by atoms with van der Waals surface area (Å²) < 4.78 is 12.4. The summed E-state index contributed by atoms with van der Waals surface area (Å²) in [6.45, 7) is 56.4. The molecule has 6 aromatic carbocycles. The van der Waals surface area contributed by atoms with Gasteiger partial charge in [0.1, 0.15) is 85.8 Å². The molecule has 0 radical (unpaired) electrons. The van der Waals surface area contributed by atoms with Crippen LogP contribution >= 0.6 is 0 Å². The third-order valence-electron chi connectivity index (χ3n) is 27.1. The van der Waals surface area contributed by atoms with Gasteiger partial charge in [0, 0.05) is 40.0 Å². The van der Waals surface area contributed by atoms with E-state index >= 15 is 0 Å². The topological polar surface area (TPSA) is 258 Å². The highest BCUT2D eigenvalue weighted by atomic mass is 16.5. The molecule has 0 amide bonds. The fraction of sp³-hybridized carbons (Fsp3) is 0.504. The van der Waals surface area contributed by atoms with Crippen molar-refractivity contribution in [2.45, 2.75) is 386 Å². The molecule has 14 nitrogen and oxygen atoms in total. The van der Waals surface area contributed by atoms with E-state index in [0.717, 1.165) is 228 Å². The second-order valence-corrected chi connectivity index (χ2v) is 40.9. The summed E-state index contributed by atoms with van der Waals surface area (Å²) in [5.41, 5.74) is 21.3. The van der Waals surface area contributed by atoms with Gasteiger partial charge in [-0.2, -0.15) is 0 Å². The summed E-state index contributed by atoms with van der Waals surface area (Å²) in [5, 5.41) is 114. The number of ether oxygens (including phenoxy) is 2. The number of allylic oxidation sites excluding steroid dienone is 17. The zero-order valence-electron chi connectivity index (χ0n) is 87.8. The summed E-state index contributed by atoms with van der Waals surface area (Å²) >= 11 is 0. The number of unbranched alkanes of at least 4 members (excludes halogenated alkanes) is 8. The average Bonchev–Trinajstić information content (AvgIpc) is 0.801. The van der Waals surface area contributed by atoms with Gasteiger partial charge in [-0.3, -0.25) is 0 Å². The minimum absolute atomic E-state index is 0.0194. The van der Waals surface area contributed by atoms with Crippen molar-refractivity contribution in [1.29, 1.82) is 0 Å². The Bertz CT molecular complexity index is 5210. The van der Waals surface area contributed by atoms with E-state index in [0.29, 0.717) is 52.2 Å². The van der Waals surface area contributed by atoms with Gasteiger partial charge in [0.05, 0.1) is 11.1 Å². The fourth-order valence-corrected chi connectivity index (χ4v) is 19.2. The Hall–Kier alpha value is -10.7. The number of carbonyl (C=O) groups is 1. The summed E-state index contributed by atoms with van der Waals surface area (Å²) in [7, 11) is 0. The number of carboxylic acids is 1. The molecule has 8 atom stereocenters. The molecule has 2 heterocycles. The van der Waals surface area contributed by atoms with Crippen LogP contribution in [0, 0.1) is 17.8 Å². The molecule has 6 aromatic rings. The van der Waals surface area contributed by atoms with Gasteiger partial charge in [-0.1, -0.05) is 224 Å². The summed E-state index contributed by atoms with van der Waals surface area (Å²) in [4.78, 5) is 11.8. The summed E-state index contributed by atoms with van der Waals surface area (Å²) in [6.07, 6.45) is 56.3. The number of fused-ring (bicyclic) bond motifs is 2. The number of aromatic carboxylic acids is 1. The highest BCUT2D eigenvalue weighted by molar-refractivity contribution is 5.94. The molecular formula is C123H174O14. The van der Waals surface area contributed by atoms with Crippen molar-refractivity contribution in [2.24, 2.45) is 17.8 Å². The maximum absolute atomic E-state index is 11.8. The molecule has 14 heteroatoms. The molecule has 11 N–H and O–H groups in total. The van der Waals surface area contributed by atoms with Gasteiger partial charge >= 0.3 is 5.97 Å². The third kappa shape index (κ3) is 36.2. The SMILES string of the molecule is C=C(C)[C@@H]1CCC(C)=C[C@H]1c1c(O)cc(CCC)cc1O.C=C(C)[C@@H]1CCC(C)=C[C@H]1c1c(O)cc(CCCCC)c(C(=O)O)c1O.C=C(C)[C@@H]1CCC(C)=C[C@H]1c1c(O)cc(CCCCC)cc1O.CCCCCc1cc(O)c(C/C=C(\C)CCC=C(C)C)c(O)c1.CCCCCc1cc(O)c2c(c1)OC(C)(CCC=C(C)C)C=C2.CCCc1cc(O)c2c(c1)OC(C)(CCC=C(C)C)C=C2. The highest BCUT2D eigenvalue weighted by Gasteiger charge is 2.37. The van der Waals surface area contributed by atoms with Gasteiger partial charge < -0.3 is 65.6 Å². The Morgan fingerprint density at radius 2 is 0.701 bits per heavy atom. The van der Waals surface area contributed by atoms with Gasteiger partial charge in [0.15, 0.2) is 0 Å². The quantitative estimate of drug-likeness (QED) is 0.0127. The zero-order chi connectivity index (χ0) is 102. The minimum atomic E-state index is -1.15. The minimum Gasteiger partial charge on any atom is -0.508 e. The maximum atomic E-state index is 11.8. The molecule has 11 rings (SSSR count). The highest BCUT2D eigenvalue weighted by Crippen LogP contribution is 2.52. The van der Waals surface area contributed by atoms with E-state index in [1.54, 1.807) is 24.3 Å². The Morgan fingerprint density at radius 3 is 1.04 bits per heavy atom. The first-order valence-electron chi connectivity index (χ1n) is 51.4. The first-order valence-corrected chi connectivity index (χ1v) is 51.4. The largest absolute Gasteiger partial charge is 0.508 e. The molecule has 0 spiro atoms. The van der Waals surface area contributed by atoms with Crippen molar-refractivity contribution < 1.29 is 70.4 Å². The number of aryl methyl sites for hydroxylation is 6. The van der Waals surface area contributed by atoms with Crippen molar-refractivity contribution in [3.8, 4) is 69.0 Å². The first-order chi connectivity index (χ1) is 64.9. The monoisotopic (exact) mass is 1880 g/mol. The zero-order valence-corrected chi connectivity index (χ0v) is 87.8. The molecule has 0 saturated heterocycles. The van der Waals surface area contributed by atoms with Crippen LogP contribution < -0.4 is 9.47 Å². The van der Waals surface area contributed by atoms with Crippen LogP contribution in [-0.4, -0.2) is 73.3 Å². The van der Waals surface area contributed by atoms with E-state index in [2.05, 4.69) is 198 Å². The van der Waals surface area contributed by atoms with E-state index in [1.807, 2.05) is 70.2 Å². The van der Waals surface area contributed by atoms with Crippen molar-refractivity contribution >= 4 is 18.1 Å². The number of aromatic hydroxyl groups is 10. The lowest BCUT2D eigenvalue weighted by Gasteiger charge is -2.32. The van der Waals surface area contributed by atoms with Crippen molar-refractivity contribution in [3.63, 3.8) is 0 Å². The van der Waals surface area contributed by atoms with Crippen LogP contribution in [0.3, 0.4) is 0 Å². The van der Waals surface area contributed by atoms with E-state index in [4.69, 9.17) is 9.47 Å². The van der Waals surface area contributed by atoms with Crippen LogP contribution in [0.1, 0.15) is 407 Å². The number of hydrogen-bond donors (Lipinski definition) is 11. The predicted octanol–water partition coefficient (Wildman–Crippen LogP) is 33.8. The molecule has 5 aliphatic rings. The van der Waals surface area contributed by atoms with Crippen LogP contribution in [0.15, 0.2) is 197 Å². The molecule has 0 bridgehead atoms. The van der Waals surface area contributed by atoms with Crippen molar-refractivity contribution in [2.75, 3.05) is 0 Å². The van der Waals surface area contributed by atoms with Crippen LogP contribution in [0.25, 0.3) is 12.2 Å². The first kappa shape index (κ1) is 115. The van der Waals surface area contributed by atoms with Crippen molar-refractivity contribution in [3.05, 3.63) is 269 Å². The predicted molar refractivity (Wildman–Crippen MR) is 575 cm³/mol. The molecule has 137 heavy (non-hydrogen) atoms. The van der Waals surface area contributed by atoms with E-state index < -0.39 is 5.97 Å². The van der Waals surface area contributed by atoms with Crippen LogP contribution in [0.4, 0.5) is 0 Å².